The highest BCUT2D eigenvalue weighted by molar-refractivity contribution is 7.89. The fourth-order valence-corrected chi connectivity index (χ4v) is 3.26. The molecule has 0 fully saturated rings. The molecule has 0 saturated carbocycles. The summed E-state index contributed by atoms with van der Waals surface area (Å²) in [6.07, 6.45) is -4.51. The van der Waals surface area contributed by atoms with E-state index in [0.29, 0.717) is 5.56 Å². The van der Waals surface area contributed by atoms with Crippen LogP contribution in [0.25, 0.3) is 0 Å². The molecule has 0 spiro atoms. The highest BCUT2D eigenvalue weighted by atomic mass is 32.2. The summed E-state index contributed by atoms with van der Waals surface area (Å²) >= 11 is 0. The van der Waals surface area contributed by atoms with Crippen LogP contribution < -0.4 is 4.72 Å². The first-order valence-corrected chi connectivity index (χ1v) is 8.87. The minimum Gasteiger partial charge on any atom is -0.465 e. The highest BCUT2D eigenvalue weighted by Gasteiger charge is 2.30. The van der Waals surface area contributed by atoms with E-state index in [9.17, 15) is 26.4 Å². The number of aryl methyl sites for hydroxylation is 1. The summed E-state index contributed by atoms with van der Waals surface area (Å²) in [5.74, 6) is -0.683. The summed E-state index contributed by atoms with van der Waals surface area (Å²) in [5, 5.41) is 0. The van der Waals surface area contributed by atoms with Gasteiger partial charge in [-0.25, -0.2) is 17.9 Å². The maximum Gasteiger partial charge on any atom is 0.416 e. The normalized spacial score (nSPS) is 12.0. The van der Waals surface area contributed by atoms with E-state index >= 15 is 0 Å². The number of ether oxygens (including phenoxy) is 1. The number of hydrogen-bond acceptors (Lipinski definition) is 4. The fraction of sp³-hybridized carbons (Fsp3) is 0.235. The maximum absolute atomic E-state index is 12.7. The first kappa shape index (κ1) is 19.9. The largest absolute Gasteiger partial charge is 0.465 e. The van der Waals surface area contributed by atoms with E-state index in [1.54, 1.807) is 6.92 Å². The van der Waals surface area contributed by atoms with Crippen LogP contribution in [-0.4, -0.2) is 21.5 Å². The zero-order valence-corrected chi connectivity index (χ0v) is 14.7. The van der Waals surface area contributed by atoms with Crippen molar-refractivity contribution in [3.05, 3.63) is 64.7 Å². The quantitative estimate of drug-likeness (QED) is 0.800. The lowest BCUT2D eigenvalue weighted by Crippen LogP contribution is -2.24. The first-order chi connectivity index (χ1) is 12.0. The first-order valence-electron chi connectivity index (χ1n) is 7.39. The SMILES string of the molecule is COC(=O)c1cc(S(=O)(=O)NCc2cccc(C(F)(F)F)c2)ccc1C. The van der Waals surface area contributed by atoms with Gasteiger partial charge in [0, 0.05) is 6.54 Å². The Kier molecular flexibility index (Phi) is 5.72. The van der Waals surface area contributed by atoms with Crippen LogP contribution >= 0.6 is 0 Å². The number of benzene rings is 2. The molecule has 9 heteroatoms. The van der Waals surface area contributed by atoms with Crippen LogP contribution in [0.3, 0.4) is 0 Å². The molecule has 0 unspecified atom stereocenters. The van der Waals surface area contributed by atoms with Crippen LogP contribution in [-0.2, 0) is 27.5 Å². The molecule has 0 heterocycles. The summed E-state index contributed by atoms with van der Waals surface area (Å²) in [6.45, 7) is 1.30. The van der Waals surface area contributed by atoms with Crippen LogP contribution in [0.4, 0.5) is 13.2 Å². The Hall–Kier alpha value is -2.39. The molecule has 0 bridgehead atoms. The molecule has 0 aliphatic heterocycles. The smallest absolute Gasteiger partial charge is 0.416 e. The number of carbonyl (C=O) groups is 1. The third-order valence-electron chi connectivity index (χ3n) is 3.65. The molecule has 1 N–H and O–H groups in total. The second kappa shape index (κ2) is 7.46. The highest BCUT2D eigenvalue weighted by Crippen LogP contribution is 2.29. The fourth-order valence-electron chi connectivity index (χ4n) is 2.22. The van der Waals surface area contributed by atoms with Crippen molar-refractivity contribution < 1.29 is 31.1 Å². The molecular weight excluding hydrogens is 371 g/mol. The van der Waals surface area contributed by atoms with Gasteiger partial charge in [0.1, 0.15) is 0 Å². The van der Waals surface area contributed by atoms with E-state index in [1.807, 2.05) is 0 Å². The lowest BCUT2D eigenvalue weighted by molar-refractivity contribution is -0.137. The van der Waals surface area contributed by atoms with Crippen molar-refractivity contribution in [2.45, 2.75) is 24.5 Å². The monoisotopic (exact) mass is 387 g/mol. The Morgan fingerprint density at radius 3 is 2.46 bits per heavy atom. The van der Waals surface area contributed by atoms with Gasteiger partial charge in [0.15, 0.2) is 0 Å². The molecule has 0 aromatic heterocycles. The Morgan fingerprint density at radius 1 is 1.15 bits per heavy atom. The number of esters is 1. The van der Waals surface area contributed by atoms with Gasteiger partial charge in [-0.2, -0.15) is 13.2 Å². The summed E-state index contributed by atoms with van der Waals surface area (Å²) in [7, 11) is -2.85. The van der Waals surface area contributed by atoms with Gasteiger partial charge in [0.25, 0.3) is 0 Å². The number of hydrogen-bond donors (Lipinski definition) is 1. The molecule has 0 radical (unpaired) electrons. The molecule has 26 heavy (non-hydrogen) atoms. The van der Waals surface area contributed by atoms with Gasteiger partial charge in [0.05, 0.1) is 23.1 Å². The van der Waals surface area contributed by atoms with Gasteiger partial charge in [-0.15, -0.1) is 0 Å². The molecule has 0 atom stereocenters. The Labute approximate surface area is 148 Å². The summed E-state index contributed by atoms with van der Waals surface area (Å²) in [5.41, 5.74) is -0.0793. The molecule has 2 aromatic rings. The maximum atomic E-state index is 12.7. The van der Waals surface area contributed by atoms with Crippen LogP contribution in [0.15, 0.2) is 47.4 Å². The molecule has 0 aliphatic carbocycles. The molecule has 5 nitrogen and oxygen atoms in total. The number of rotatable bonds is 5. The topological polar surface area (TPSA) is 72.5 Å². The Balaban J connectivity index is 2.24. The van der Waals surface area contributed by atoms with Crippen molar-refractivity contribution in [3.63, 3.8) is 0 Å². The average molecular weight is 387 g/mol. The molecule has 0 amide bonds. The van der Waals surface area contributed by atoms with E-state index in [2.05, 4.69) is 9.46 Å². The molecular formula is C17H16F3NO4S. The standard InChI is InChI=1S/C17H16F3NO4S/c1-11-6-7-14(9-15(11)16(22)25-2)26(23,24)21-10-12-4-3-5-13(8-12)17(18,19)20/h3-9,21H,10H2,1-2H3. The lowest BCUT2D eigenvalue weighted by Gasteiger charge is -2.11. The summed E-state index contributed by atoms with van der Waals surface area (Å²) in [4.78, 5) is 11.5. The third-order valence-corrected chi connectivity index (χ3v) is 5.04. The Bertz CT molecular complexity index is 924. The van der Waals surface area contributed by atoms with E-state index in [4.69, 9.17) is 0 Å². The minimum absolute atomic E-state index is 0.0921. The molecule has 140 valence electrons. The van der Waals surface area contributed by atoms with Crippen molar-refractivity contribution in [2.24, 2.45) is 0 Å². The van der Waals surface area contributed by atoms with Gasteiger partial charge in [0.2, 0.25) is 10.0 Å². The van der Waals surface area contributed by atoms with Gasteiger partial charge in [-0.05, 0) is 36.2 Å². The van der Waals surface area contributed by atoms with Gasteiger partial charge < -0.3 is 4.74 Å². The second-order valence-electron chi connectivity index (χ2n) is 5.49. The number of nitrogens with one attached hydrogen (secondary N) is 1. The number of halogens is 3. The van der Waals surface area contributed by atoms with Crippen molar-refractivity contribution >= 4 is 16.0 Å². The van der Waals surface area contributed by atoms with Gasteiger partial charge in [-0.1, -0.05) is 24.3 Å². The number of alkyl halides is 3. The van der Waals surface area contributed by atoms with Crippen molar-refractivity contribution in [2.75, 3.05) is 7.11 Å². The van der Waals surface area contributed by atoms with E-state index in [1.165, 1.54) is 31.4 Å². The summed E-state index contributed by atoms with van der Waals surface area (Å²) in [6, 6.07) is 8.27. The van der Waals surface area contributed by atoms with E-state index < -0.39 is 27.7 Å². The minimum atomic E-state index is -4.51. The van der Waals surface area contributed by atoms with Crippen molar-refractivity contribution in [3.8, 4) is 0 Å². The van der Waals surface area contributed by atoms with Crippen LogP contribution in [0.1, 0.15) is 27.0 Å². The molecule has 2 aromatic carbocycles. The summed E-state index contributed by atoms with van der Waals surface area (Å²) < 4.78 is 69.7. The molecule has 0 saturated heterocycles. The number of methoxy groups -OCH3 is 1. The zero-order chi connectivity index (χ0) is 19.5. The van der Waals surface area contributed by atoms with Gasteiger partial charge in [-0.3, -0.25) is 0 Å². The number of carbonyl (C=O) groups excluding carboxylic acids is 1. The second-order valence-corrected chi connectivity index (χ2v) is 7.26. The van der Waals surface area contributed by atoms with Crippen LogP contribution in [0, 0.1) is 6.92 Å². The molecule has 2 rings (SSSR count). The van der Waals surface area contributed by atoms with E-state index in [0.717, 1.165) is 18.2 Å². The number of sulfonamides is 1. The van der Waals surface area contributed by atoms with Crippen LogP contribution in [0.2, 0.25) is 0 Å². The van der Waals surface area contributed by atoms with Crippen LogP contribution in [0.5, 0.6) is 0 Å². The van der Waals surface area contributed by atoms with Gasteiger partial charge >= 0.3 is 12.1 Å². The Morgan fingerprint density at radius 2 is 1.85 bits per heavy atom. The van der Waals surface area contributed by atoms with Crippen molar-refractivity contribution in [1.29, 1.82) is 0 Å². The predicted molar refractivity (Wildman–Crippen MR) is 88.0 cm³/mol. The average Bonchev–Trinajstić information content (AvgIpc) is 2.59. The van der Waals surface area contributed by atoms with E-state index in [-0.39, 0.29) is 22.6 Å². The third kappa shape index (κ3) is 4.61. The lowest BCUT2D eigenvalue weighted by atomic mass is 10.1. The zero-order valence-electron chi connectivity index (χ0n) is 13.9. The predicted octanol–water partition coefficient (Wildman–Crippen LogP) is 3.28. The molecule has 0 aliphatic rings. The van der Waals surface area contributed by atoms with Crippen molar-refractivity contribution in [1.82, 2.24) is 4.72 Å².